The highest BCUT2D eigenvalue weighted by Crippen LogP contribution is 2.34. The van der Waals surface area contributed by atoms with E-state index in [4.69, 9.17) is 21.1 Å². The van der Waals surface area contributed by atoms with Crippen molar-refractivity contribution in [2.24, 2.45) is 0 Å². The van der Waals surface area contributed by atoms with Crippen LogP contribution in [0.25, 0.3) is 0 Å². The zero-order chi connectivity index (χ0) is 19.4. The van der Waals surface area contributed by atoms with Crippen LogP contribution in [-0.4, -0.2) is 80.2 Å². The molecule has 27 heavy (non-hydrogen) atoms. The molecule has 0 bridgehead atoms. The maximum absolute atomic E-state index is 12.7. The molecule has 2 aliphatic heterocycles. The van der Waals surface area contributed by atoms with E-state index in [0.717, 1.165) is 19.6 Å². The predicted molar refractivity (Wildman–Crippen MR) is 103 cm³/mol. The van der Waals surface area contributed by atoms with Crippen LogP contribution in [0.3, 0.4) is 0 Å². The Bertz CT molecular complexity index is 690. The molecule has 3 rings (SSSR count). The average molecular weight is 396 g/mol. The second-order valence-corrected chi connectivity index (χ2v) is 7.46. The number of halogens is 1. The fourth-order valence-corrected chi connectivity index (χ4v) is 3.39. The molecule has 2 aliphatic rings. The largest absolute Gasteiger partial charge is 0.482 e. The Kier molecular flexibility index (Phi) is 6.57. The molecule has 0 aliphatic carbocycles. The molecule has 1 saturated heterocycles. The lowest BCUT2D eigenvalue weighted by atomic mass is 10.2. The summed E-state index contributed by atoms with van der Waals surface area (Å²) in [5.74, 6) is 0.276. The predicted octanol–water partition coefficient (Wildman–Crippen LogP) is 1.63. The summed E-state index contributed by atoms with van der Waals surface area (Å²) < 4.78 is 11.0. The first-order valence-electron chi connectivity index (χ1n) is 9.28. The van der Waals surface area contributed by atoms with E-state index in [1.807, 2.05) is 18.7 Å². The van der Waals surface area contributed by atoms with Crippen molar-refractivity contribution in [3.05, 3.63) is 23.2 Å². The lowest BCUT2D eigenvalue weighted by Crippen LogP contribution is -2.53. The van der Waals surface area contributed by atoms with Gasteiger partial charge in [0.2, 0.25) is 5.91 Å². The maximum atomic E-state index is 12.7. The van der Waals surface area contributed by atoms with Crippen molar-refractivity contribution in [2.45, 2.75) is 20.0 Å². The summed E-state index contributed by atoms with van der Waals surface area (Å²) in [6.45, 7) is 8.49. The third kappa shape index (κ3) is 5.12. The van der Waals surface area contributed by atoms with Gasteiger partial charge in [0.05, 0.1) is 18.4 Å². The third-order valence-corrected chi connectivity index (χ3v) is 4.98. The van der Waals surface area contributed by atoms with Gasteiger partial charge in [0.25, 0.3) is 5.91 Å². The van der Waals surface area contributed by atoms with E-state index in [2.05, 4.69) is 4.90 Å². The number of carbonyl (C=O) groups excluding carboxylic acids is 2. The Morgan fingerprint density at radius 1 is 1.26 bits per heavy atom. The number of rotatable bonds is 6. The Morgan fingerprint density at radius 3 is 2.70 bits per heavy atom. The zero-order valence-corrected chi connectivity index (χ0v) is 16.6. The summed E-state index contributed by atoms with van der Waals surface area (Å²) in [5, 5.41) is 0.502. The molecule has 1 fully saturated rings. The number of carbonyl (C=O) groups is 2. The van der Waals surface area contributed by atoms with Gasteiger partial charge in [-0.3, -0.25) is 19.4 Å². The second kappa shape index (κ2) is 8.91. The van der Waals surface area contributed by atoms with E-state index in [1.165, 1.54) is 4.90 Å². The first kappa shape index (κ1) is 19.9. The minimum atomic E-state index is -0.234. The van der Waals surface area contributed by atoms with Gasteiger partial charge in [0.1, 0.15) is 12.3 Å². The lowest BCUT2D eigenvalue weighted by molar-refractivity contribution is -0.133. The van der Waals surface area contributed by atoms with Gasteiger partial charge in [0.15, 0.2) is 6.61 Å². The molecule has 0 saturated carbocycles. The summed E-state index contributed by atoms with van der Waals surface area (Å²) in [5.41, 5.74) is 0.552. The summed E-state index contributed by atoms with van der Waals surface area (Å²) in [6.07, 6.45) is 0.232. The highest BCUT2D eigenvalue weighted by Gasteiger charge is 2.30. The van der Waals surface area contributed by atoms with Crippen molar-refractivity contribution in [1.29, 1.82) is 0 Å². The van der Waals surface area contributed by atoms with Crippen molar-refractivity contribution >= 4 is 29.1 Å². The van der Waals surface area contributed by atoms with Crippen LogP contribution in [0.4, 0.5) is 5.69 Å². The second-order valence-electron chi connectivity index (χ2n) is 7.02. The quantitative estimate of drug-likeness (QED) is 0.732. The van der Waals surface area contributed by atoms with Crippen LogP contribution in [-0.2, 0) is 14.3 Å². The van der Waals surface area contributed by atoms with Crippen LogP contribution < -0.4 is 9.64 Å². The Morgan fingerprint density at radius 2 is 2.00 bits per heavy atom. The zero-order valence-electron chi connectivity index (χ0n) is 15.8. The fraction of sp³-hybridized carbons (Fsp3) is 0.579. The van der Waals surface area contributed by atoms with E-state index < -0.39 is 0 Å². The number of nitrogens with zero attached hydrogens (tertiary/aromatic N) is 3. The SMILES string of the molecule is CC(C)OCCN1CCN(C(=O)CN2C(=O)COc3ccc(Cl)cc32)CC1. The third-order valence-electron chi connectivity index (χ3n) is 4.74. The molecule has 1 aromatic rings. The van der Waals surface area contributed by atoms with Crippen molar-refractivity contribution in [1.82, 2.24) is 9.80 Å². The smallest absolute Gasteiger partial charge is 0.265 e. The van der Waals surface area contributed by atoms with Gasteiger partial charge in [-0.25, -0.2) is 0 Å². The molecule has 0 N–H and O–H groups in total. The normalized spacial score (nSPS) is 17.9. The van der Waals surface area contributed by atoms with Crippen LogP contribution in [0, 0.1) is 0 Å². The Hall–Kier alpha value is -1.83. The van der Waals surface area contributed by atoms with Gasteiger partial charge >= 0.3 is 0 Å². The minimum absolute atomic E-state index is 0.00595. The van der Waals surface area contributed by atoms with Crippen LogP contribution in [0.1, 0.15) is 13.8 Å². The molecule has 7 nitrogen and oxygen atoms in total. The number of fused-ring (bicyclic) bond motifs is 1. The molecule has 0 aromatic heterocycles. The van der Waals surface area contributed by atoms with Crippen molar-refractivity contribution < 1.29 is 19.1 Å². The minimum Gasteiger partial charge on any atom is -0.482 e. The van der Waals surface area contributed by atoms with E-state index in [0.29, 0.717) is 36.2 Å². The van der Waals surface area contributed by atoms with Crippen molar-refractivity contribution in [3.63, 3.8) is 0 Å². The first-order chi connectivity index (χ1) is 12.9. The van der Waals surface area contributed by atoms with Gasteiger partial charge in [-0.2, -0.15) is 0 Å². The standard InChI is InChI=1S/C19H26ClN3O4/c1-14(2)26-10-9-21-5-7-22(8-6-21)18(24)12-23-16-11-15(20)3-4-17(16)27-13-19(23)25/h3-4,11,14H,5-10,12-13H2,1-2H3. The number of ether oxygens (including phenoxy) is 2. The summed E-state index contributed by atoms with van der Waals surface area (Å²) in [4.78, 5) is 30.6. The molecule has 0 radical (unpaired) electrons. The van der Waals surface area contributed by atoms with E-state index >= 15 is 0 Å². The molecular weight excluding hydrogens is 370 g/mol. The Balaban J connectivity index is 1.54. The molecule has 0 atom stereocenters. The lowest BCUT2D eigenvalue weighted by Gasteiger charge is -2.36. The van der Waals surface area contributed by atoms with Gasteiger partial charge in [-0.05, 0) is 32.0 Å². The monoisotopic (exact) mass is 395 g/mol. The maximum Gasteiger partial charge on any atom is 0.265 e. The van der Waals surface area contributed by atoms with E-state index in [-0.39, 0.29) is 31.1 Å². The molecule has 1 aromatic carbocycles. The van der Waals surface area contributed by atoms with Crippen LogP contribution in [0.15, 0.2) is 18.2 Å². The summed E-state index contributed by atoms with van der Waals surface area (Å²) in [6, 6.07) is 5.09. The molecule has 148 valence electrons. The van der Waals surface area contributed by atoms with Crippen molar-refractivity contribution in [3.8, 4) is 5.75 Å². The first-order valence-corrected chi connectivity index (χ1v) is 9.66. The summed E-state index contributed by atoms with van der Waals surface area (Å²) >= 11 is 6.05. The topological polar surface area (TPSA) is 62.3 Å². The number of hydrogen-bond donors (Lipinski definition) is 0. The molecule has 2 heterocycles. The van der Waals surface area contributed by atoms with Gasteiger partial charge < -0.3 is 14.4 Å². The van der Waals surface area contributed by atoms with Crippen LogP contribution in [0.2, 0.25) is 5.02 Å². The molecule has 8 heteroatoms. The number of piperazine rings is 1. The Labute approximate surface area is 164 Å². The highest BCUT2D eigenvalue weighted by molar-refractivity contribution is 6.31. The van der Waals surface area contributed by atoms with E-state index in [1.54, 1.807) is 18.2 Å². The van der Waals surface area contributed by atoms with Crippen LogP contribution >= 0.6 is 11.6 Å². The van der Waals surface area contributed by atoms with Gasteiger partial charge in [-0.1, -0.05) is 11.6 Å². The average Bonchev–Trinajstić information content (AvgIpc) is 2.64. The fourth-order valence-electron chi connectivity index (χ4n) is 3.22. The van der Waals surface area contributed by atoms with E-state index in [9.17, 15) is 9.59 Å². The van der Waals surface area contributed by atoms with Crippen LogP contribution in [0.5, 0.6) is 5.75 Å². The summed E-state index contributed by atoms with van der Waals surface area (Å²) in [7, 11) is 0. The van der Waals surface area contributed by atoms with Gasteiger partial charge in [0, 0.05) is 37.7 Å². The number of hydrogen-bond acceptors (Lipinski definition) is 5. The van der Waals surface area contributed by atoms with Gasteiger partial charge in [-0.15, -0.1) is 0 Å². The highest BCUT2D eigenvalue weighted by atomic mass is 35.5. The number of amides is 2. The number of benzene rings is 1. The molecule has 2 amide bonds. The van der Waals surface area contributed by atoms with Crippen molar-refractivity contribution in [2.75, 3.05) is 57.4 Å². The molecule has 0 unspecified atom stereocenters. The molecular formula is C19H26ClN3O4. The molecule has 0 spiro atoms. The number of anilines is 1.